The van der Waals surface area contributed by atoms with Crippen LogP contribution in [-0.2, 0) is 0 Å². The molecule has 0 aliphatic carbocycles. The van der Waals surface area contributed by atoms with E-state index in [4.69, 9.17) is 5.73 Å². The average molecular weight is 260 g/mol. The lowest BCUT2D eigenvalue weighted by Gasteiger charge is -2.19. The first-order chi connectivity index (χ1) is 3.42. The predicted octanol–water partition coefficient (Wildman–Crippen LogP) is 1.24. The molecule has 0 atom stereocenters. The van der Waals surface area contributed by atoms with Gasteiger partial charge in [-0.25, -0.2) is 0 Å². The minimum atomic E-state index is 0. The molecule has 0 spiro atoms. The maximum atomic E-state index is 5.20. The Hall–Kier alpha value is 0.420. The molecule has 0 saturated carbocycles. The molecule has 3 N–H and O–H groups in total. The van der Waals surface area contributed by atoms with Gasteiger partial charge in [0.25, 0.3) is 0 Å². The van der Waals surface area contributed by atoms with Crippen LogP contribution in [0, 0.1) is 0 Å². The minimum absolute atomic E-state index is 0. The van der Waals surface area contributed by atoms with Crippen LogP contribution in [0.3, 0.4) is 0 Å². The van der Waals surface area contributed by atoms with E-state index in [1.165, 1.54) is 0 Å². The Morgan fingerprint density at radius 2 is 1.78 bits per heavy atom. The highest BCUT2D eigenvalue weighted by molar-refractivity contribution is 14.0. The van der Waals surface area contributed by atoms with Crippen molar-refractivity contribution in [1.82, 2.24) is 5.32 Å². The van der Waals surface area contributed by atoms with Gasteiger partial charge in [0.15, 0.2) is 5.11 Å². The molecule has 0 heterocycles. The molecule has 0 aliphatic heterocycles. The van der Waals surface area contributed by atoms with Crippen LogP contribution in [-0.4, -0.2) is 10.7 Å². The molecule has 0 aromatic heterocycles. The quantitative estimate of drug-likeness (QED) is 0.508. The number of hydrogen-bond donors (Lipinski definition) is 2. The second-order valence-corrected chi connectivity index (χ2v) is 3.18. The molecule has 0 saturated heterocycles. The van der Waals surface area contributed by atoms with E-state index in [1.807, 2.05) is 20.8 Å². The Morgan fingerprint density at radius 3 is 1.78 bits per heavy atom. The van der Waals surface area contributed by atoms with Crippen LogP contribution in [0.5, 0.6) is 0 Å². The molecular formula is C5H13IN2S. The largest absolute Gasteiger partial charge is 0.376 e. The molecule has 4 heteroatoms. The molecular weight excluding hydrogens is 247 g/mol. The van der Waals surface area contributed by atoms with Crippen LogP contribution in [0.4, 0.5) is 0 Å². The number of hydrogen-bond acceptors (Lipinski definition) is 1. The molecule has 0 amide bonds. The Labute approximate surface area is 78.6 Å². The van der Waals surface area contributed by atoms with Gasteiger partial charge >= 0.3 is 0 Å². The Balaban J connectivity index is 0. The lowest BCUT2D eigenvalue weighted by molar-refractivity contribution is 0.513. The van der Waals surface area contributed by atoms with E-state index in [9.17, 15) is 0 Å². The number of rotatable bonds is 0. The highest BCUT2D eigenvalue weighted by atomic mass is 127. The van der Waals surface area contributed by atoms with Crippen LogP contribution >= 0.6 is 36.2 Å². The van der Waals surface area contributed by atoms with Gasteiger partial charge in [-0.2, -0.15) is 0 Å². The van der Waals surface area contributed by atoms with Gasteiger partial charge in [-0.3, -0.25) is 0 Å². The number of thiocarbonyl (C=S) groups is 1. The molecule has 0 fully saturated rings. The highest BCUT2D eigenvalue weighted by Crippen LogP contribution is 1.96. The molecule has 2 nitrogen and oxygen atoms in total. The first-order valence-corrected chi connectivity index (χ1v) is 2.90. The second kappa shape index (κ2) is 4.27. The maximum Gasteiger partial charge on any atom is 0.164 e. The summed E-state index contributed by atoms with van der Waals surface area (Å²) in [5.74, 6) is 0. The summed E-state index contributed by atoms with van der Waals surface area (Å²) in [4.78, 5) is 0. The first kappa shape index (κ1) is 12.1. The molecule has 0 aromatic carbocycles. The van der Waals surface area contributed by atoms with Crippen LogP contribution in [0.1, 0.15) is 20.8 Å². The van der Waals surface area contributed by atoms with Crippen molar-refractivity contribution in [2.75, 3.05) is 0 Å². The van der Waals surface area contributed by atoms with Crippen LogP contribution in [0.2, 0.25) is 0 Å². The number of halogens is 1. The van der Waals surface area contributed by atoms with Crippen molar-refractivity contribution in [3.05, 3.63) is 0 Å². The number of nitrogens with two attached hydrogens (primary N) is 1. The van der Waals surface area contributed by atoms with E-state index >= 15 is 0 Å². The van der Waals surface area contributed by atoms with Crippen molar-refractivity contribution in [3.8, 4) is 0 Å². The summed E-state index contributed by atoms with van der Waals surface area (Å²) in [6.45, 7) is 6.02. The van der Waals surface area contributed by atoms with Crippen molar-refractivity contribution >= 4 is 41.3 Å². The summed E-state index contributed by atoms with van der Waals surface area (Å²) < 4.78 is 0. The zero-order chi connectivity index (χ0) is 6.78. The second-order valence-electron chi connectivity index (χ2n) is 2.74. The van der Waals surface area contributed by atoms with Crippen molar-refractivity contribution in [2.24, 2.45) is 5.73 Å². The molecule has 0 bridgehead atoms. The van der Waals surface area contributed by atoms with Gasteiger partial charge in [0.2, 0.25) is 0 Å². The molecule has 0 rings (SSSR count). The Morgan fingerprint density at radius 1 is 1.44 bits per heavy atom. The lowest BCUT2D eigenvalue weighted by atomic mass is 10.1. The molecule has 0 aliphatic rings. The smallest absolute Gasteiger partial charge is 0.164 e. The SMILES string of the molecule is CC(C)(C)NC(N)=S.I. The van der Waals surface area contributed by atoms with Crippen LogP contribution < -0.4 is 11.1 Å². The summed E-state index contributed by atoms with van der Waals surface area (Å²) in [6.07, 6.45) is 0. The third-order valence-electron chi connectivity index (χ3n) is 0.498. The summed E-state index contributed by atoms with van der Waals surface area (Å²) in [6, 6.07) is 0. The summed E-state index contributed by atoms with van der Waals surface area (Å²) in [5, 5.41) is 3.25. The molecule has 0 aromatic rings. The average Bonchev–Trinajstić information content (AvgIpc) is 1.21. The zero-order valence-corrected chi connectivity index (χ0v) is 9.04. The topological polar surface area (TPSA) is 38.0 Å². The van der Waals surface area contributed by atoms with Gasteiger partial charge < -0.3 is 11.1 Å². The van der Waals surface area contributed by atoms with E-state index in [-0.39, 0.29) is 29.5 Å². The van der Waals surface area contributed by atoms with Gasteiger partial charge in [-0.15, -0.1) is 24.0 Å². The van der Waals surface area contributed by atoms with Crippen LogP contribution in [0.15, 0.2) is 0 Å². The number of nitrogens with one attached hydrogen (secondary N) is 1. The van der Waals surface area contributed by atoms with Gasteiger partial charge in [0, 0.05) is 5.54 Å². The molecule has 56 valence electrons. The van der Waals surface area contributed by atoms with Gasteiger partial charge in [-0.05, 0) is 33.0 Å². The summed E-state index contributed by atoms with van der Waals surface area (Å²) in [7, 11) is 0. The first-order valence-electron chi connectivity index (χ1n) is 2.49. The standard InChI is InChI=1S/C5H12N2S.HI/c1-5(2,3)7-4(6)8;/h1-3H3,(H3,6,7,8);1H. The van der Waals surface area contributed by atoms with Crippen molar-refractivity contribution < 1.29 is 0 Å². The van der Waals surface area contributed by atoms with Crippen LogP contribution in [0.25, 0.3) is 0 Å². The fraction of sp³-hybridized carbons (Fsp3) is 0.800. The summed E-state index contributed by atoms with van der Waals surface area (Å²) in [5.41, 5.74) is 5.20. The third-order valence-corrected chi connectivity index (χ3v) is 0.600. The minimum Gasteiger partial charge on any atom is -0.376 e. The fourth-order valence-electron chi connectivity index (χ4n) is 0.370. The fourth-order valence-corrected chi connectivity index (χ4v) is 0.676. The normalized spacial score (nSPS) is 9.67. The zero-order valence-electron chi connectivity index (χ0n) is 5.89. The van der Waals surface area contributed by atoms with Gasteiger partial charge in [-0.1, -0.05) is 0 Å². The van der Waals surface area contributed by atoms with Crippen molar-refractivity contribution in [2.45, 2.75) is 26.3 Å². The van der Waals surface area contributed by atoms with Gasteiger partial charge in [0.1, 0.15) is 0 Å². The van der Waals surface area contributed by atoms with E-state index in [0.717, 1.165) is 0 Å². The third kappa shape index (κ3) is 11.8. The Bertz CT molecular complexity index is 97.6. The monoisotopic (exact) mass is 260 g/mol. The highest BCUT2D eigenvalue weighted by Gasteiger charge is 2.07. The predicted molar refractivity (Wildman–Crippen MR) is 55.1 cm³/mol. The van der Waals surface area contributed by atoms with E-state index in [0.29, 0.717) is 5.11 Å². The van der Waals surface area contributed by atoms with E-state index in [2.05, 4.69) is 17.5 Å². The molecule has 9 heavy (non-hydrogen) atoms. The van der Waals surface area contributed by atoms with E-state index in [1.54, 1.807) is 0 Å². The van der Waals surface area contributed by atoms with Crippen molar-refractivity contribution in [3.63, 3.8) is 0 Å². The van der Waals surface area contributed by atoms with Crippen molar-refractivity contribution in [1.29, 1.82) is 0 Å². The Kier molecular flexibility index (Phi) is 5.75. The van der Waals surface area contributed by atoms with E-state index < -0.39 is 0 Å². The lowest BCUT2D eigenvalue weighted by Crippen LogP contribution is -2.43. The summed E-state index contributed by atoms with van der Waals surface area (Å²) >= 11 is 4.61. The molecule has 0 radical (unpaired) electrons. The maximum absolute atomic E-state index is 5.20. The molecule has 0 unspecified atom stereocenters. The van der Waals surface area contributed by atoms with Gasteiger partial charge in [0.05, 0.1) is 0 Å².